The maximum atomic E-state index is 9.18. The van der Waals surface area contributed by atoms with Gasteiger partial charge >= 0.3 is 17.4 Å². The molecule has 0 N–H and O–H groups in total. The Labute approximate surface area is 120 Å². The van der Waals surface area contributed by atoms with Crippen molar-refractivity contribution in [3.63, 3.8) is 0 Å². The zero-order valence-corrected chi connectivity index (χ0v) is 11.8. The van der Waals surface area contributed by atoms with E-state index < -0.39 is 17.9 Å². The molecule has 0 amide bonds. The fourth-order valence-electron chi connectivity index (χ4n) is 0. The molecule has 93 valence electrons. The first-order valence-electron chi connectivity index (χ1n) is 3.23. The van der Waals surface area contributed by atoms with Crippen molar-refractivity contribution in [2.75, 3.05) is 17.3 Å². The summed E-state index contributed by atoms with van der Waals surface area (Å²) in [6.45, 7) is 0. The third-order valence-corrected chi connectivity index (χ3v) is 1.16. The third-order valence-electron chi connectivity index (χ3n) is 0.387. The summed E-state index contributed by atoms with van der Waals surface area (Å²) in [5, 5.41) is 27.5. The molecular formula is C6H9CrO6S3. The summed E-state index contributed by atoms with van der Waals surface area (Å²) in [7, 11) is 0. The van der Waals surface area contributed by atoms with E-state index in [1.54, 1.807) is 0 Å². The molecule has 0 aliphatic rings. The Hall–Kier alpha value is -0.00753. The number of rotatable bonds is 3. The number of carboxylic acid groups (broad SMARTS) is 3. The van der Waals surface area contributed by atoms with Crippen LogP contribution < -0.4 is 15.3 Å². The van der Waals surface area contributed by atoms with Gasteiger partial charge in [-0.15, -0.1) is 0 Å². The molecule has 6 nitrogen and oxygen atoms in total. The maximum absolute atomic E-state index is 9.18. The van der Waals surface area contributed by atoms with Crippen molar-refractivity contribution in [3.05, 3.63) is 0 Å². The molecule has 0 bridgehead atoms. The van der Waals surface area contributed by atoms with E-state index >= 15 is 0 Å². The molecule has 16 heavy (non-hydrogen) atoms. The number of hydrogen-bond acceptors (Lipinski definition) is 9. The Morgan fingerprint density at radius 1 is 0.688 bits per heavy atom. The molecule has 1 radical (unpaired) electrons. The molecule has 0 aromatic carbocycles. The van der Waals surface area contributed by atoms with Crippen molar-refractivity contribution < 1.29 is 47.1 Å². The van der Waals surface area contributed by atoms with Gasteiger partial charge in [0.05, 0.1) is 17.9 Å². The summed E-state index contributed by atoms with van der Waals surface area (Å²) in [6.07, 6.45) is 0. The van der Waals surface area contributed by atoms with Gasteiger partial charge in [0.1, 0.15) is 0 Å². The fraction of sp³-hybridized carbons (Fsp3) is 0.500. The van der Waals surface area contributed by atoms with Crippen LogP contribution in [0.15, 0.2) is 0 Å². The Morgan fingerprint density at radius 3 is 0.750 bits per heavy atom. The van der Waals surface area contributed by atoms with Crippen LogP contribution in [0.5, 0.6) is 0 Å². The van der Waals surface area contributed by atoms with Gasteiger partial charge in [0.15, 0.2) is 0 Å². The van der Waals surface area contributed by atoms with Gasteiger partial charge in [0.25, 0.3) is 0 Å². The first-order chi connectivity index (χ1) is 6.81. The zero-order valence-electron chi connectivity index (χ0n) is 7.82. The molecule has 10 heteroatoms. The molecule has 0 aliphatic heterocycles. The first-order valence-corrected chi connectivity index (χ1v) is 5.13. The molecule has 0 saturated heterocycles. The molecule has 0 spiro atoms. The number of thiol groups is 3. The van der Waals surface area contributed by atoms with Crippen LogP contribution in [0.3, 0.4) is 0 Å². The maximum Gasteiger partial charge on any atom is 3.00 e. The van der Waals surface area contributed by atoms with E-state index in [0.29, 0.717) is 0 Å². The smallest absolute Gasteiger partial charge is 0.549 e. The summed E-state index contributed by atoms with van der Waals surface area (Å²) in [5.74, 6) is -3.98. The normalized spacial score (nSPS) is 6.94. The van der Waals surface area contributed by atoms with Crippen molar-refractivity contribution >= 4 is 55.8 Å². The molecule has 0 rings (SSSR count). The zero-order chi connectivity index (χ0) is 12.9. The number of carbonyl (C=O) groups excluding carboxylic acids is 3. The Bertz CT molecular complexity index is 167. The Morgan fingerprint density at radius 2 is 0.750 bits per heavy atom. The monoisotopic (exact) mass is 325 g/mol. The van der Waals surface area contributed by atoms with E-state index in [1.165, 1.54) is 0 Å². The van der Waals surface area contributed by atoms with E-state index in [0.717, 1.165) is 0 Å². The van der Waals surface area contributed by atoms with Crippen molar-refractivity contribution in [2.24, 2.45) is 0 Å². The van der Waals surface area contributed by atoms with Gasteiger partial charge in [-0.3, -0.25) is 0 Å². The van der Waals surface area contributed by atoms with Gasteiger partial charge in [-0.25, -0.2) is 0 Å². The van der Waals surface area contributed by atoms with E-state index in [9.17, 15) is 29.7 Å². The molecule has 0 aliphatic carbocycles. The quantitative estimate of drug-likeness (QED) is 0.455. The van der Waals surface area contributed by atoms with Crippen LogP contribution in [-0.4, -0.2) is 35.2 Å². The topological polar surface area (TPSA) is 120 Å². The van der Waals surface area contributed by atoms with Gasteiger partial charge in [-0.05, 0) is 0 Å². The minimum Gasteiger partial charge on any atom is -0.549 e. The van der Waals surface area contributed by atoms with Gasteiger partial charge < -0.3 is 29.7 Å². The molecule has 0 atom stereocenters. The molecule has 0 aromatic heterocycles. The largest absolute Gasteiger partial charge is 3.00 e. The minimum atomic E-state index is -1.13. The van der Waals surface area contributed by atoms with Crippen molar-refractivity contribution in [2.45, 2.75) is 0 Å². The minimum absolute atomic E-state index is 0. The van der Waals surface area contributed by atoms with Crippen LogP contribution >= 0.6 is 37.9 Å². The average molecular weight is 325 g/mol. The van der Waals surface area contributed by atoms with Crippen LogP contribution in [0.2, 0.25) is 0 Å². The number of carboxylic acids is 3. The predicted octanol–water partition coefficient (Wildman–Crippen LogP) is -4.00. The second kappa shape index (κ2) is 20.4. The Kier molecular flexibility index (Phi) is 31.9. The summed E-state index contributed by atoms with van der Waals surface area (Å²) < 4.78 is 0. The molecule has 0 heterocycles. The van der Waals surface area contributed by atoms with Crippen molar-refractivity contribution in [1.82, 2.24) is 0 Å². The van der Waals surface area contributed by atoms with Crippen LogP contribution in [-0.2, 0) is 31.7 Å². The molecule has 0 saturated carbocycles. The first kappa shape index (κ1) is 25.0. The molecule has 0 unspecified atom stereocenters. The SMILES string of the molecule is O=C([O-])CS.O=C([O-])CS.O=C([O-])CS.[Cr+3]. The van der Waals surface area contributed by atoms with Crippen LogP contribution in [0.4, 0.5) is 0 Å². The van der Waals surface area contributed by atoms with Crippen LogP contribution in [0, 0.1) is 0 Å². The molecular weight excluding hydrogens is 316 g/mol. The van der Waals surface area contributed by atoms with Gasteiger partial charge in [0, 0.05) is 17.3 Å². The number of hydrogen-bond donors (Lipinski definition) is 3. The van der Waals surface area contributed by atoms with Crippen LogP contribution in [0.25, 0.3) is 0 Å². The van der Waals surface area contributed by atoms with E-state index in [-0.39, 0.29) is 34.6 Å². The van der Waals surface area contributed by atoms with Gasteiger partial charge in [0.2, 0.25) is 0 Å². The fourth-order valence-corrected chi connectivity index (χ4v) is 0. The average Bonchev–Trinajstić information content (AvgIpc) is 2.19. The van der Waals surface area contributed by atoms with Gasteiger partial charge in [-0.1, -0.05) is 0 Å². The standard InChI is InChI=1S/3C2H4O2S.Cr/c3*3-2(4)1-5;/h3*5H,1H2,(H,3,4);/q;;;+3/p-3. The van der Waals surface area contributed by atoms with Crippen molar-refractivity contribution in [1.29, 1.82) is 0 Å². The molecule has 0 aromatic rings. The summed E-state index contributed by atoms with van der Waals surface area (Å²) in [5.41, 5.74) is 0. The van der Waals surface area contributed by atoms with Crippen LogP contribution in [0.1, 0.15) is 0 Å². The van der Waals surface area contributed by atoms with Gasteiger partial charge in [-0.2, -0.15) is 37.9 Å². The van der Waals surface area contributed by atoms with E-state index in [4.69, 9.17) is 0 Å². The summed E-state index contributed by atoms with van der Waals surface area (Å²) in [4.78, 5) is 27.5. The third kappa shape index (κ3) is 65.8. The second-order valence-electron chi connectivity index (χ2n) is 1.59. The Balaban J connectivity index is -0.0000000655. The van der Waals surface area contributed by atoms with Crippen molar-refractivity contribution in [3.8, 4) is 0 Å². The molecule has 0 fully saturated rings. The predicted molar refractivity (Wildman–Crippen MR) is 56.6 cm³/mol. The number of aliphatic carboxylic acids is 3. The summed E-state index contributed by atoms with van der Waals surface area (Å²) >= 11 is 10.1. The summed E-state index contributed by atoms with van der Waals surface area (Å²) in [6, 6.07) is 0. The van der Waals surface area contributed by atoms with E-state index in [2.05, 4.69) is 37.9 Å². The number of carbonyl (C=O) groups is 3. The van der Waals surface area contributed by atoms with E-state index in [1.807, 2.05) is 0 Å². The second-order valence-corrected chi connectivity index (χ2v) is 2.54.